The number of fused-ring (bicyclic) bond motifs is 1. The third-order valence-corrected chi connectivity index (χ3v) is 2.91. The van der Waals surface area contributed by atoms with E-state index in [2.05, 4.69) is 4.90 Å². The fraction of sp³-hybridized carbons (Fsp3) is 0.889. The maximum Gasteiger partial charge on any atom is 0.0474 e. The molecule has 0 aromatic carbocycles. The molecule has 0 bridgehead atoms. The summed E-state index contributed by atoms with van der Waals surface area (Å²) in [6.45, 7) is 2.49. The highest BCUT2D eigenvalue weighted by Gasteiger charge is 2.28. The van der Waals surface area contributed by atoms with E-state index in [-0.39, 0.29) is 0 Å². The number of nitrogens with zero attached hydrogens (tertiary/aromatic N) is 1. The zero-order chi connectivity index (χ0) is 7.68. The average molecular weight is 152 g/mol. The zero-order valence-corrected chi connectivity index (χ0v) is 6.97. The molecule has 0 amide bonds. The predicted octanol–water partition coefficient (Wildman–Crippen LogP) is 1.65. The second kappa shape index (κ2) is 2.94. The number of hydrogen-bond donors (Lipinski definition) is 1. The van der Waals surface area contributed by atoms with E-state index in [1.165, 1.54) is 38.8 Å². The molecule has 0 aromatic rings. The maximum absolute atomic E-state index is 7.77. The molecule has 2 rings (SSSR count). The number of piperidine rings is 2. The van der Waals surface area contributed by atoms with E-state index < -0.39 is 0 Å². The smallest absolute Gasteiger partial charge is 0.0474 e. The molecule has 2 saturated heterocycles. The summed E-state index contributed by atoms with van der Waals surface area (Å²) in [6.07, 6.45) is 6.21. The number of nitrogens with one attached hydrogen (secondary N) is 1. The normalized spacial score (nSPS) is 33.5. The lowest BCUT2D eigenvalue weighted by molar-refractivity contribution is 0.175. The van der Waals surface area contributed by atoms with Gasteiger partial charge in [-0.05, 0) is 38.8 Å². The molecule has 1 atom stereocenters. The summed E-state index contributed by atoms with van der Waals surface area (Å²) in [5.41, 5.74) is 0.996. The third kappa shape index (κ3) is 1.32. The van der Waals surface area contributed by atoms with Crippen LogP contribution < -0.4 is 0 Å². The highest BCUT2D eigenvalue weighted by Crippen LogP contribution is 2.23. The topological polar surface area (TPSA) is 27.1 Å². The molecule has 0 spiro atoms. The molecule has 2 heteroatoms. The van der Waals surface area contributed by atoms with Crippen LogP contribution in [0, 0.1) is 5.41 Å². The molecule has 1 N–H and O–H groups in total. The molecule has 2 heterocycles. The van der Waals surface area contributed by atoms with Gasteiger partial charge in [-0.3, -0.25) is 4.90 Å². The van der Waals surface area contributed by atoms with Gasteiger partial charge >= 0.3 is 0 Å². The van der Waals surface area contributed by atoms with Gasteiger partial charge in [0.15, 0.2) is 0 Å². The largest absolute Gasteiger partial charge is 0.308 e. The monoisotopic (exact) mass is 152 g/mol. The molecule has 2 fully saturated rings. The van der Waals surface area contributed by atoms with Crippen LogP contribution in [0.25, 0.3) is 0 Å². The fourth-order valence-electron chi connectivity index (χ4n) is 2.29. The van der Waals surface area contributed by atoms with E-state index in [0.29, 0.717) is 6.04 Å². The van der Waals surface area contributed by atoms with Crippen molar-refractivity contribution in [2.75, 3.05) is 13.1 Å². The van der Waals surface area contributed by atoms with E-state index in [9.17, 15) is 0 Å². The fourth-order valence-corrected chi connectivity index (χ4v) is 2.29. The van der Waals surface area contributed by atoms with Crippen LogP contribution in [-0.2, 0) is 0 Å². The van der Waals surface area contributed by atoms with E-state index >= 15 is 0 Å². The molecule has 62 valence electrons. The van der Waals surface area contributed by atoms with Gasteiger partial charge in [-0.1, -0.05) is 6.42 Å². The first kappa shape index (κ1) is 7.29. The van der Waals surface area contributed by atoms with Gasteiger partial charge in [-0.2, -0.15) is 0 Å². The van der Waals surface area contributed by atoms with Crippen molar-refractivity contribution in [3.8, 4) is 0 Å². The minimum absolute atomic E-state index is 0.539. The van der Waals surface area contributed by atoms with Gasteiger partial charge in [0.05, 0.1) is 0 Å². The lowest BCUT2D eigenvalue weighted by atomic mass is 9.92. The van der Waals surface area contributed by atoms with Crippen LogP contribution >= 0.6 is 0 Å². The lowest BCUT2D eigenvalue weighted by Crippen LogP contribution is -2.47. The summed E-state index contributed by atoms with van der Waals surface area (Å²) in [7, 11) is 0. The summed E-state index contributed by atoms with van der Waals surface area (Å²) >= 11 is 0. The van der Waals surface area contributed by atoms with Crippen LogP contribution in [0.15, 0.2) is 0 Å². The van der Waals surface area contributed by atoms with E-state index in [1.54, 1.807) is 0 Å². The van der Waals surface area contributed by atoms with Gasteiger partial charge in [0.2, 0.25) is 0 Å². The Labute approximate surface area is 68.1 Å². The van der Waals surface area contributed by atoms with Gasteiger partial charge in [-0.15, -0.1) is 0 Å². The first-order chi connectivity index (χ1) is 5.38. The second-order valence-electron chi connectivity index (χ2n) is 3.68. The molecule has 2 nitrogen and oxygen atoms in total. The molecule has 2 aliphatic heterocycles. The summed E-state index contributed by atoms with van der Waals surface area (Å²) < 4.78 is 0. The quantitative estimate of drug-likeness (QED) is 0.561. The molecule has 0 aromatic heterocycles. The van der Waals surface area contributed by atoms with Crippen LogP contribution in [0.4, 0.5) is 0 Å². The minimum atomic E-state index is 0.539. The third-order valence-electron chi connectivity index (χ3n) is 2.91. The van der Waals surface area contributed by atoms with Crippen LogP contribution in [0.3, 0.4) is 0 Å². The van der Waals surface area contributed by atoms with Gasteiger partial charge in [0, 0.05) is 11.8 Å². The predicted molar refractivity (Wildman–Crippen MR) is 46.2 cm³/mol. The van der Waals surface area contributed by atoms with Crippen molar-refractivity contribution in [3.05, 3.63) is 0 Å². The highest BCUT2D eigenvalue weighted by molar-refractivity contribution is 5.87. The van der Waals surface area contributed by atoms with Crippen molar-refractivity contribution < 1.29 is 0 Å². The molecule has 2 aliphatic rings. The van der Waals surface area contributed by atoms with Gasteiger partial charge in [0.1, 0.15) is 0 Å². The van der Waals surface area contributed by atoms with E-state index in [0.717, 1.165) is 12.1 Å². The standard InChI is InChI=1S/C9H16N2/c10-8-4-3-7-11-6-2-1-5-9(8)11/h9-10H,1-7H2. The molecule has 1 unspecified atom stereocenters. The number of rotatable bonds is 0. The van der Waals surface area contributed by atoms with Crippen molar-refractivity contribution >= 4 is 5.71 Å². The molecular formula is C9H16N2. The summed E-state index contributed by atoms with van der Waals surface area (Å²) in [5.74, 6) is 0. The number of hydrogen-bond acceptors (Lipinski definition) is 2. The molecular weight excluding hydrogens is 136 g/mol. The Morgan fingerprint density at radius 3 is 2.82 bits per heavy atom. The Hall–Kier alpha value is -0.370. The first-order valence-corrected chi connectivity index (χ1v) is 4.69. The Balaban J connectivity index is 2.05. The SMILES string of the molecule is N=C1CCCN2CCCCC12. The van der Waals surface area contributed by atoms with Crippen molar-refractivity contribution in [3.63, 3.8) is 0 Å². The molecule has 0 aliphatic carbocycles. The van der Waals surface area contributed by atoms with Gasteiger partial charge in [0.25, 0.3) is 0 Å². The molecule has 0 radical (unpaired) electrons. The second-order valence-corrected chi connectivity index (χ2v) is 3.68. The lowest BCUT2D eigenvalue weighted by Gasteiger charge is -2.39. The summed E-state index contributed by atoms with van der Waals surface area (Å²) in [5, 5.41) is 7.77. The first-order valence-electron chi connectivity index (χ1n) is 4.69. The minimum Gasteiger partial charge on any atom is -0.308 e. The van der Waals surface area contributed by atoms with Crippen molar-refractivity contribution in [1.82, 2.24) is 4.90 Å². The summed E-state index contributed by atoms with van der Waals surface area (Å²) in [6, 6.07) is 0.539. The van der Waals surface area contributed by atoms with Crippen molar-refractivity contribution in [2.24, 2.45) is 0 Å². The van der Waals surface area contributed by atoms with Crippen LogP contribution in [-0.4, -0.2) is 29.7 Å². The Morgan fingerprint density at radius 2 is 2.00 bits per heavy atom. The highest BCUT2D eigenvalue weighted by atomic mass is 15.2. The maximum atomic E-state index is 7.77. The van der Waals surface area contributed by atoms with Crippen molar-refractivity contribution in [2.45, 2.75) is 38.1 Å². The Bertz CT molecular complexity index is 163. The van der Waals surface area contributed by atoms with E-state index in [1.807, 2.05) is 0 Å². The van der Waals surface area contributed by atoms with Gasteiger partial charge in [-0.25, -0.2) is 0 Å². The van der Waals surface area contributed by atoms with E-state index in [4.69, 9.17) is 5.41 Å². The van der Waals surface area contributed by atoms with Crippen LogP contribution in [0.1, 0.15) is 32.1 Å². The van der Waals surface area contributed by atoms with Crippen molar-refractivity contribution in [1.29, 1.82) is 5.41 Å². The summed E-state index contributed by atoms with van der Waals surface area (Å²) in [4.78, 5) is 2.50. The van der Waals surface area contributed by atoms with Crippen LogP contribution in [0.5, 0.6) is 0 Å². The molecule has 0 saturated carbocycles. The van der Waals surface area contributed by atoms with Crippen LogP contribution in [0.2, 0.25) is 0 Å². The Kier molecular flexibility index (Phi) is 1.95. The van der Waals surface area contributed by atoms with Gasteiger partial charge < -0.3 is 5.41 Å². The Morgan fingerprint density at radius 1 is 1.18 bits per heavy atom. The zero-order valence-electron chi connectivity index (χ0n) is 6.97. The molecule has 11 heavy (non-hydrogen) atoms. The average Bonchev–Trinajstić information content (AvgIpc) is 2.06.